The number of ether oxygens (including phenoxy) is 1. The minimum absolute atomic E-state index is 0.448. The molecule has 0 aliphatic rings. The van der Waals surface area contributed by atoms with Crippen LogP contribution in [0.3, 0.4) is 0 Å². The Kier molecular flexibility index (Phi) is 4.10. The lowest BCUT2D eigenvalue weighted by atomic mass is 10.2. The summed E-state index contributed by atoms with van der Waals surface area (Å²) >= 11 is 1.85. The summed E-state index contributed by atoms with van der Waals surface area (Å²) in [7, 11) is 1.70. The minimum Gasteiger partial charge on any atom is -0.497 e. The van der Waals surface area contributed by atoms with Crippen molar-refractivity contribution in [2.75, 3.05) is 7.11 Å². The number of hydrogen-bond donors (Lipinski definition) is 0. The summed E-state index contributed by atoms with van der Waals surface area (Å²) in [5.74, 6) is 0.912. The first-order valence-electron chi connectivity index (χ1n) is 5.65. The Labute approximate surface area is 107 Å². The number of hydrogen-bond acceptors (Lipinski definition) is 2. The maximum absolute atomic E-state index is 5.23. The van der Waals surface area contributed by atoms with Crippen molar-refractivity contribution in [2.45, 2.75) is 17.1 Å². The van der Waals surface area contributed by atoms with Crippen molar-refractivity contribution in [3.05, 3.63) is 60.2 Å². The normalized spacial score (nSPS) is 12.1. The Morgan fingerprint density at radius 1 is 1.00 bits per heavy atom. The maximum atomic E-state index is 5.23. The Bertz CT molecular complexity index is 467. The fourth-order valence-electron chi connectivity index (χ4n) is 1.67. The Hall–Kier alpha value is -1.41. The van der Waals surface area contributed by atoms with Crippen LogP contribution in [0.15, 0.2) is 59.5 Å². The highest BCUT2D eigenvalue weighted by molar-refractivity contribution is 7.99. The van der Waals surface area contributed by atoms with Gasteiger partial charge in [0.05, 0.1) is 7.11 Å². The topological polar surface area (TPSA) is 9.23 Å². The summed E-state index contributed by atoms with van der Waals surface area (Å²) in [5, 5.41) is 0.448. The summed E-state index contributed by atoms with van der Waals surface area (Å²) < 4.78 is 5.23. The summed E-state index contributed by atoms with van der Waals surface area (Å²) in [6.45, 7) is 2.22. The van der Waals surface area contributed by atoms with E-state index >= 15 is 0 Å². The summed E-state index contributed by atoms with van der Waals surface area (Å²) in [4.78, 5) is 1.24. The van der Waals surface area contributed by atoms with E-state index in [2.05, 4.69) is 43.3 Å². The first-order chi connectivity index (χ1) is 8.29. The lowest BCUT2D eigenvalue weighted by Gasteiger charge is -2.12. The second kappa shape index (κ2) is 5.78. The molecule has 2 aromatic rings. The second-order valence-electron chi connectivity index (χ2n) is 3.85. The van der Waals surface area contributed by atoms with Gasteiger partial charge in [-0.3, -0.25) is 0 Å². The highest BCUT2D eigenvalue weighted by Crippen LogP contribution is 2.35. The third kappa shape index (κ3) is 3.27. The van der Waals surface area contributed by atoms with Gasteiger partial charge in [-0.05, 0) is 30.7 Å². The summed E-state index contributed by atoms with van der Waals surface area (Å²) in [5.41, 5.74) is 1.35. The van der Waals surface area contributed by atoms with E-state index < -0.39 is 0 Å². The average molecular weight is 244 g/mol. The molecule has 17 heavy (non-hydrogen) atoms. The number of rotatable bonds is 4. The number of thioether (sulfide) groups is 1. The zero-order valence-corrected chi connectivity index (χ0v) is 10.9. The molecule has 1 atom stereocenters. The van der Waals surface area contributed by atoms with Crippen molar-refractivity contribution >= 4 is 11.8 Å². The van der Waals surface area contributed by atoms with Gasteiger partial charge in [0, 0.05) is 10.1 Å². The molecule has 0 bridgehead atoms. The van der Waals surface area contributed by atoms with Crippen molar-refractivity contribution in [3.63, 3.8) is 0 Å². The smallest absolute Gasteiger partial charge is 0.119 e. The van der Waals surface area contributed by atoms with Crippen molar-refractivity contribution in [3.8, 4) is 5.75 Å². The van der Waals surface area contributed by atoms with Gasteiger partial charge in [-0.2, -0.15) is 0 Å². The van der Waals surface area contributed by atoms with E-state index in [9.17, 15) is 0 Å². The maximum Gasteiger partial charge on any atom is 0.119 e. The van der Waals surface area contributed by atoms with Gasteiger partial charge < -0.3 is 4.74 Å². The minimum atomic E-state index is 0.448. The van der Waals surface area contributed by atoms with Gasteiger partial charge in [-0.25, -0.2) is 0 Å². The highest BCUT2D eigenvalue weighted by atomic mass is 32.2. The van der Waals surface area contributed by atoms with E-state index in [1.54, 1.807) is 7.11 Å². The molecule has 0 N–H and O–H groups in total. The van der Waals surface area contributed by atoms with E-state index in [0.717, 1.165) is 5.75 Å². The van der Waals surface area contributed by atoms with Gasteiger partial charge in [0.15, 0.2) is 0 Å². The molecule has 0 saturated heterocycles. The van der Waals surface area contributed by atoms with Crippen LogP contribution >= 0.6 is 11.8 Å². The van der Waals surface area contributed by atoms with Crippen LogP contribution in [0.25, 0.3) is 0 Å². The zero-order chi connectivity index (χ0) is 12.1. The van der Waals surface area contributed by atoms with Gasteiger partial charge in [0.25, 0.3) is 0 Å². The van der Waals surface area contributed by atoms with Crippen LogP contribution in [0.4, 0.5) is 0 Å². The largest absolute Gasteiger partial charge is 0.497 e. The standard InChI is InChI=1S/C15H16OS/c1-12(13-7-4-3-5-8-13)17-15-10-6-9-14(11-15)16-2/h3-12H,1-2H3. The van der Waals surface area contributed by atoms with Crippen molar-refractivity contribution < 1.29 is 4.74 Å². The second-order valence-corrected chi connectivity index (χ2v) is 5.26. The third-order valence-electron chi connectivity index (χ3n) is 2.62. The predicted octanol–water partition coefficient (Wildman–Crippen LogP) is 4.55. The molecule has 0 radical (unpaired) electrons. The van der Waals surface area contributed by atoms with Gasteiger partial charge in [-0.15, -0.1) is 11.8 Å². The molecule has 0 fully saturated rings. The molecular formula is C15H16OS. The molecule has 2 heteroatoms. The first kappa shape index (κ1) is 12.1. The lowest BCUT2D eigenvalue weighted by molar-refractivity contribution is 0.413. The SMILES string of the molecule is COc1cccc(SC(C)c2ccccc2)c1. The molecule has 0 heterocycles. The molecule has 2 aromatic carbocycles. The molecule has 2 rings (SSSR count). The Morgan fingerprint density at radius 2 is 1.76 bits per heavy atom. The molecule has 0 saturated carbocycles. The van der Waals surface area contributed by atoms with Crippen LogP contribution in [0.5, 0.6) is 5.75 Å². The van der Waals surface area contributed by atoms with E-state index in [1.807, 2.05) is 30.0 Å². The predicted molar refractivity (Wildman–Crippen MR) is 73.7 cm³/mol. The van der Waals surface area contributed by atoms with Crippen molar-refractivity contribution in [2.24, 2.45) is 0 Å². The molecule has 1 unspecified atom stereocenters. The number of methoxy groups -OCH3 is 1. The van der Waals surface area contributed by atoms with E-state index in [0.29, 0.717) is 5.25 Å². The molecular weight excluding hydrogens is 228 g/mol. The van der Waals surface area contributed by atoms with Crippen LogP contribution in [0, 0.1) is 0 Å². The van der Waals surface area contributed by atoms with Crippen molar-refractivity contribution in [1.29, 1.82) is 0 Å². The molecule has 0 spiro atoms. The monoisotopic (exact) mass is 244 g/mol. The molecule has 0 aliphatic carbocycles. The van der Waals surface area contributed by atoms with Crippen LogP contribution in [-0.4, -0.2) is 7.11 Å². The fourth-order valence-corrected chi connectivity index (χ4v) is 2.71. The van der Waals surface area contributed by atoms with Gasteiger partial charge in [0.2, 0.25) is 0 Å². The quantitative estimate of drug-likeness (QED) is 0.730. The summed E-state index contributed by atoms with van der Waals surface area (Å²) in [6.07, 6.45) is 0. The molecule has 0 aliphatic heterocycles. The third-order valence-corrected chi connectivity index (χ3v) is 3.77. The van der Waals surface area contributed by atoms with Crippen LogP contribution in [0.2, 0.25) is 0 Å². The van der Waals surface area contributed by atoms with E-state index in [-0.39, 0.29) is 0 Å². The van der Waals surface area contributed by atoms with Crippen LogP contribution < -0.4 is 4.74 Å². The van der Waals surface area contributed by atoms with E-state index in [4.69, 9.17) is 4.74 Å². The fraction of sp³-hybridized carbons (Fsp3) is 0.200. The van der Waals surface area contributed by atoms with Crippen LogP contribution in [0.1, 0.15) is 17.7 Å². The lowest BCUT2D eigenvalue weighted by Crippen LogP contribution is -1.88. The molecule has 1 nitrogen and oxygen atoms in total. The van der Waals surface area contributed by atoms with E-state index in [1.165, 1.54) is 10.5 Å². The molecule has 88 valence electrons. The molecule has 0 aromatic heterocycles. The van der Waals surface area contributed by atoms with Crippen LogP contribution in [-0.2, 0) is 0 Å². The van der Waals surface area contributed by atoms with Gasteiger partial charge >= 0.3 is 0 Å². The van der Waals surface area contributed by atoms with Crippen molar-refractivity contribution in [1.82, 2.24) is 0 Å². The zero-order valence-electron chi connectivity index (χ0n) is 10.1. The summed E-state index contributed by atoms with van der Waals surface area (Å²) in [6, 6.07) is 18.7. The number of benzene rings is 2. The van der Waals surface area contributed by atoms with Gasteiger partial charge in [-0.1, -0.05) is 36.4 Å². The molecule has 0 amide bonds. The average Bonchev–Trinajstić information content (AvgIpc) is 2.40. The first-order valence-corrected chi connectivity index (χ1v) is 6.53. The Balaban J connectivity index is 2.10. The van der Waals surface area contributed by atoms with Gasteiger partial charge in [0.1, 0.15) is 5.75 Å². The highest BCUT2D eigenvalue weighted by Gasteiger charge is 2.07. The Morgan fingerprint density at radius 3 is 2.47 bits per heavy atom.